The van der Waals surface area contributed by atoms with Crippen LogP contribution >= 0.6 is 0 Å². The number of benzene rings is 4. The van der Waals surface area contributed by atoms with Crippen LogP contribution in [-0.4, -0.2) is 13.2 Å². The van der Waals surface area contributed by atoms with Crippen molar-refractivity contribution in [3.05, 3.63) is 115 Å². The van der Waals surface area contributed by atoms with Crippen LogP contribution in [0.15, 0.2) is 91.5 Å². The van der Waals surface area contributed by atoms with Crippen molar-refractivity contribution < 1.29 is 27.4 Å². The van der Waals surface area contributed by atoms with Gasteiger partial charge in [-0.05, 0) is 54.3 Å². The Labute approximate surface area is 214 Å². The molecule has 0 heterocycles. The van der Waals surface area contributed by atoms with Crippen LogP contribution in [0.2, 0.25) is 0 Å². The van der Waals surface area contributed by atoms with Crippen LogP contribution in [0, 0.1) is 17.5 Å². The molecule has 0 spiro atoms. The lowest BCUT2D eigenvalue weighted by atomic mass is 9.98. The van der Waals surface area contributed by atoms with E-state index in [-0.39, 0.29) is 23.5 Å². The third-order valence-corrected chi connectivity index (χ3v) is 5.71. The Kier molecular flexibility index (Phi) is 8.52. The molecule has 0 saturated carbocycles. The first kappa shape index (κ1) is 25.9. The standard InChI is InChI=1S/C31H27F3O3/c1-3-5-18-36-25-14-17-29(28(32)19-25)37-20-21-6-8-22(9-7-21)26-15-16-27(31(34)30(26)33)23-10-12-24(13-11-23)35-4-2/h3,6-17,19H,1,4-5,18,20H2,2H3. The van der Waals surface area contributed by atoms with Crippen LogP contribution in [0.4, 0.5) is 13.2 Å². The van der Waals surface area contributed by atoms with E-state index < -0.39 is 17.5 Å². The van der Waals surface area contributed by atoms with Crippen molar-refractivity contribution in [3.63, 3.8) is 0 Å². The maximum atomic E-state index is 15.0. The molecule has 0 aliphatic rings. The minimum Gasteiger partial charge on any atom is -0.494 e. The summed E-state index contributed by atoms with van der Waals surface area (Å²) in [7, 11) is 0. The van der Waals surface area contributed by atoms with E-state index >= 15 is 0 Å². The number of rotatable bonds is 11. The number of hydrogen-bond donors (Lipinski definition) is 0. The molecule has 0 amide bonds. The predicted octanol–water partition coefficient (Wildman–Crippen LogP) is 8.37. The van der Waals surface area contributed by atoms with Crippen LogP contribution in [-0.2, 0) is 6.61 Å². The maximum Gasteiger partial charge on any atom is 0.168 e. The molecule has 0 bridgehead atoms. The Morgan fingerprint density at radius 1 is 0.703 bits per heavy atom. The van der Waals surface area contributed by atoms with Gasteiger partial charge < -0.3 is 14.2 Å². The van der Waals surface area contributed by atoms with Crippen molar-refractivity contribution in [3.8, 4) is 39.5 Å². The average Bonchev–Trinajstić information content (AvgIpc) is 2.91. The summed E-state index contributed by atoms with van der Waals surface area (Å²) < 4.78 is 60.7. The Morgan fingerprint density at radius 3 is 1.86 bits per heavy atom. The van der Waals surface area contributed by atoms with E-state index in [4.69, 9.17) is 14.2 Å². The lowest BCUT2D eigenvalue weighted by Gasteiger charge is -2.12. The molecule has 3 nitrogen and oxygen atoms in total. The van der Waals surface area contributed by atoms with Crippen LogP contribution < -0.4 is 14.2 Å². The molecule has 0 aliphatic carbocycles. The number of hydrogen-bond acceptors (Lipinski definition) is 3. The van der Waals surface area contributed by atoms with E-state index in [1.54, 1.807) is 72.8 Å². The highest BCUT2D eigenvalue weighted by molar-refractivity contribution is 5.72. The van der Waals surface area contributed by atoms with Crippen molar-refractivity contribution in [2.45, 2.75) is 20.0 Å². The van der Waals surface area contributed by atoms with Crippen LogP contribution in [0.3, 0.4) is 0 Å². The van der Waals surface area contributed by atoms with E-state index in [0.29, 0.717) is 42.3 Å². The van der Waals surface area contributed by atoms with Crippen molar-refractivity contribution >= 4 is 0 Å². The van der Waals surface area contributed by atoms with Gasteiger partial charge in [-0.3, -0.25) is 0 Å². The normalized spacial score (nSPS) is 10.7. The van der Waals surface area contributed by atoms with Crippen LogP contribution in [0.25, 0.3) is 22.3 Å². The summed E-state index contributed by atoms with van der Waals surface area (Å²) in [6.45, 7) is 6.55. The summed E-state index contributed by atoms with van der Waals surface area (Å²) in [5, 5.41) is 0. The molecule has 0 N–H and O–H groups in total. The van der Waals surface area contributed by atoms with Gasteiger partial charge in [0.05, 0.1) is 13.2 Å². The van der Waals surface area contributed by atoms with Gasteiger partial charge in [0.25, 0.3) is 0 Å². The lowest BCUT2D eigenvalue weighted by molar-refractivity contribution is 0.286. The molecular weight excluding hydrogens is 477 g/mol. The smallest absolute Gasteiger partial charge is 0.168 e. The van der Waals surface area contributed by atoms with E-state index in [1.807, 2.05) is 6.92 Å². The topological polar surface area (TPSA) is 27.7 Å². The Morgan fingerprint density at radius 2 is 1.30 bits per heavy atom. The SMILES string of the molecule is C=CCCOc1ccc(OCc2ccc(-c3ccc(-c4ccc(OCC)cc4)c(F)c3F)cc2)c(F)c1. The summed E-state index contributed by atoms with van der Waals surface area (Å²) >= 11 is 0. The fraction of sp³-hybridized carbons (Fsp3) is 0.161. The third kappa shape index (κ3) is 6.33. The van der Waals surface area contributed by atoms with Gasteiger partial charge in [-0.25, -0.2) is 13.2 Å². The zero-order valence-corrected chi connectivity index (χ0v) is 20.5. The molecule has 0 aliphatic heterocycles. The second-order valence-corrected chi connectivity index (χ2v) is 8.25. The van der Waals surface area contributed by atoms with Gasteiger partial charge in [0.2, 0.25) is 0 Å². The molecule has 37 heavy (non-hydrogen) atoms. The zero-order valence-electron chi connectivity index (χ0n) is 20.5. The van der Waals surface area contributed by atoms with Gasteiger partial charge >= 0.3 is 0 Å². The summed E-state index contributed by atoms with van der Waals surface area (Å²) in [4.78, 5) is 0. The molecule has 0 unspecified atom stereocenters. The minimum absolute atomic E-state index is 0.0955. The summed E-state index contributed by atoms with van der Waals surface area (Å²) in [5.41, 5.74) is 2.15. The summed E-state index contributed by atoms with van der Waals surface area (Å²) in [6.07, 6.45) is 2.39. The zero-order chi connectivity index (χ0) is 26.2. The Balaban J connectivity index is 1.43. The number of ether oxygens (including phenoxy) is 3. The second-order valence-electron chi connectivity index (χ2n) is 8.25. The van der Waals surface area contributed by atoms with E-state index in [0.717, 1.165) is 5.56 Å². The molecule has 4 aromatic rings. The van der Waals surface area contributed by atoms with Gasteiger partial charge in [-0.1, -0.05) is 54.6 Å². The predicted molar refractivity (Wildman–Crippen MR) is 139 cm³/mol. The highest BCUT2D eigenvalue weighted by Gasteiger charge is 2.16. The number of halogens is 3. The van der Waals surface area contributed by atoms with Crippen molar-refractivity contribution in [2.75, 3.05) is 13.2 Å². The Hall–Kier alpha value is -4.19. The van der Waals surface area contributed by atoms with Gasteiger partial charge in [0, 0.05) is 17.2 Å². The Bertz CT molecular complexity index is 1350. The van der Waals surface area contributed by atoms with E-state index in [9.17, 15) is 13.2 Å². The molecule has 0 atom stereocenters. The lowest BCUT2D eigenvalue weighted by Crippen LogP contribution is -2.00. The van der Waals surface area contributed by atoms with Gasteiger partial charge in [0.1, 0.15) is 18.1 Å². The van der Waals surface area contributed by atoms with Gasteiger partial charge in [-0.2, -0.15) is 0 Å². The van der Waals surface area contributed by atoms with Crippen molar-refractivity contribution in [1.29, 1.82) is 0 Å². The van der Waals surface area contributed by atoms with E-state index in [2.05, 4.69) is 6.58 Å². The minimum atomic E-state index is -0.923. The fourth-order valence-electron chi connectivity index (χ4n) is 3.78. The third-order valence-electron chi connectivity index (χ3n) is 5.71. The van der Waals surface area contributed by atoms with Gasteiger partial charge in [-0.15, -0.1) is 6.58 Å². The first-order chi connectivity index (χ1) is 18.0. The fourth-order valence-corrected chi connectivity index (χ4v) is 3.78. The van der Waals surface area contributed by atoms with Gasteiger partial charge in [0.15, 0.2) is 23.2 Å². The first-order valence-corrected chi connectivity index (χ1v) is 12.0. The highest BCUT2D eigenvalue weighted by atomic mass is 19.2. The summed E-state index contributed by atoms with van der Waals surface area (Å²) in [6, 6.07) is 21.2. The van der Waals surface area contributed by atoms with E-state index in [1.165, 1.54) is 12.1 Å². The quantitative estimate of drug-likeness (QED) is 0.152. The molecule has 0 aromatic heterocycles. The molecule has 4 rings (SSSR count). The monoisotopic (exact) mass is 504 g/mol. The van der Waals surface area contributed by atoms with Crippen LogP contribution in [0.5, 0.6) is 17.2 Å². The maximum absolute atomic E-state index is 15.0. The van der Waals surface area contributed by atoms with Crippen LogP contribution in [0.1, 0.15) is 18.9 Å². The molecule has 190 valence electrons. The molecular formula is C31H27F3O3. The molecule has 0 saturated heterocycles. The largest absolute Gasteiger partial charge is 0.494 e. The molecule has 0 radical (unpaired) electrons. The molecule has 0 fully saturated rings. The second kappa shape index (κ2) is 12.2. The average molecular weight is 505 g/mol. The first-order valence-electron chi connectivity index (χ1n) is 12.0. The summed E-state index contributed by atoms with van der Waals surface area (Å²) in [5.74, 6) is -1.19. The highest BCUT2D eigenvalue weighted by Crippen LogP contribution is 2.32. The van der Waals surface area contributed by atoms with Crippen molar-refractivity contribution in [2.24, 2.45) is 0 Å². The molecule has 4 aromatic carbocycles. The van der Waals surface area contributed by atoms with Crippen molar-refractivity contribution in [1.82, 2.24) is 0 Å². The molecule has 6 heteroatoms.